The smallest absolute Gasteiger partial charge is 0.204 e. The van der Waals surface area contributed by atoms with Crippen molar-refractivity contribution in [2.75, 3.05) is 19.3 Å². The molecule has 0 aliphatic rings. The molecule has 104 valence electrons. The van der Waals surface area contributed by atoms with E-state index in [1.807, 2.05) is 24.0 Å². The normalized spacial score (nSPS) is 11.3. The van der Waals surface area contributed by atoms with Crippen LogP contribution in [0, 0.1) is 11.5 Å². The Morgan fingerprint density at radius 1 is 1.45 bits per heavy atom. The van der Waals surface area contributed by atoms with Crippen LogP contribution in [0.15, 0.2) is 35.5 Å². The Kier molecular flexibility index (Phi) is 5.33. The monoisotopic (exact) mass is 287 g/mol. The van der Waals surface area contributed by atoms with Gasteiger partial charge in [-0.1, -0.05) is 18.2 Å². The summed E-state index contributed by atoms with van der Waals surface area (Å²) < 4.78 is 0. The first kappa shape index (κ1) is 14.3. The fraction of sp³-hybridized carbons (Fsp3) is 0.286. The lowest BCUT2D eigenvalue weighted by Gasteiger charge is -2.06. The number of H-pyrrole nitrogens is 1. The van der Waals surface area contributed by atoms with E-state index in [1.54, 1.807) is 7.05 Å². The molecular formula is C14H17N5S. The number of hydrogen-bond donors (Lipinski definition) is 3. The molecule has 0 atom stereocenters. The third kappa shape index (κ3) is 3.68. The highest BCUT2D eigenvalue weighted by atomic mass is 32.2. The molecule has 5 nitrogen and oxygen atoms in total. The van der Waals surface area contributed by atoms with Gasteiger partial charge in [-0.2, -0.15) is 17.0 Å². The van der Waals surface area contributed by atoms with Crippen molar-refractivity contribution in [2.45, 2.75) is 5.75 Å². The highest BCUT2D eigenvalue weighted by molar-refractivity contribution is 7.98. The molecular weight excluding hydrogens is 270 g/mol. The molecule has 6 heteroatoms. The summed E-state index contributed by atoms with van der Waals surface area (Å²) in [6, 6.07) is 8.32. The van der Waals surface area contributed by atoms with Crippen molar-refractivity contribution in [3.8, 4) is 6.19 Å². The van der Waals surface area contributed by atoms with Crippen LogP contribution in [0.3, 0.4) is 0 Å². The summed E-state index contributed by atoms with van der Waals surface area (Å²) in [6.45, 7) is 0.772. The molecule has 0 spiro atoms. The van der Waals surface area contributed by atoms with Crippen molar-refractivity contribution in [3.05, 3.63) is 36.0 Å². The fourth-order valence-corrected chi connectivity index (χ4v) is 2.76. The molecule has 0 saturated carbocycles. The van der Waals surface area contributed by atoms with E-state index in [0.29, 0.717) is 5.96 Å². The number of aromatic amines is 1. The van der Waals surface area contributed by atoms with Crippen LogP contribution in [0.1, 0.15) is 5.56 Å². The molecule has 0 fully saturated rings. The van der Waals surface area contributed by atoms with E-state index in [4.69, 9.17) is 5.26 Å². The van der Waals surface area contributed by atoms with E-state index in [9.17, 15) is 0 Å². The summed E-state index contributed by atoms with van der Waals surface area (Å²) in [5.74, 6) is 2.43. The Morgan fingerprint density at radius 3 is 3.10 bits per heavy atom. The zero-order valence-corrected chi connectivity index (χ0v) is 12.1. The second-order valence-corrected chi connectivity index (χ2v) is 5.25. The van der Waals surface area contributed by atoms with Gasteiger partial charge in [-0.05, 0) is 11.6 Å². The maximum atomic E-state index is 8.51. The van der Waals surface area contributed by atoms with Gasteiger partial charge in [0.25, 0.3) is 0 Å². The molecule has 3 N–H and O–H groups in total. The summed E-state index contributed by atoms with van der Waals surface area (Å²) in [5, 5.41) is 15.4. The van der Waals surface area contributed by atoms with Gasteiger partial charge in [0.1, 0.15) is 0 Å². The van der Waals surface area contributed by atoms with E-state index in [1.165, 1.54) is 16.5 Å². The van der Waals surface area contributed by atoms with Gasteiger partial charge in [0, 0.05) is 42.2 Å². The zero-order valence-electron chi connectivity index (χ0n) is 11.3. The summed E-state index contributed by atoms with van der Waals surface area (Å²) in [7, 11) is 1.64. The Morgan fingerprint density at radius 2 is 2.30 bits per heavy atom. The largest absolute Gasteiger partial charge is 0.361 e. The number of nitrogens with one attached hydrogen (secondary N) is 3. The minimum absolute atomic E-state index is 0.514. The number of fused-ring (bicyclic) bond motifs is 1. The lowest BCUT2D eigenvalue weighted by Crippen LogP contribution is -2.35. The number of aliphatic imine (C=N–C) groups is 1. The van der Waals surface area contributed by atoms with Crippen molar-refractivity contribution >= 4 is 28.6 Å². The number of para-hydroxylation sites is 1. The van der Waals surface area contributed by atoms with Gasteiger partial charge in [0.2, 0.25) is 5.96 Å². The number of nitrogens with zero attached hydrogens (tertiary/aromatic N) is 2. The number of rotatable bonds is 5. The Hall–Kier alpha value is -2.13. The predicted molar refractivity (Wildman–Crippen MR) is 84.6 cm³/mol. The first-order valence-electron chi connectivity index (χ1n) is 6.33. The van der Waals surface area contributed by atoms with Gasteiger partial charge in [0.05, 0.1) is 0 Å². The van der Waals surface area contributed by atoms with Crippen LogP contribution in [-0.4, -0.2) is 30.3 Å². The molecule has 0 aliphatic heterocycles. The second-order valence-electron chi connectivity index (χ2n) is 4.15. The molecule has 0 amide bonds. The van der Waals surface area contributed by atoms with Gasteiger partial charge in [-0.3, -0.25) is 10.3 Å². The average Bonchev–Trinajstić information content (AvgIpc) is 2.89. The first-order chi connectivity index (χ1) is 9.85. The number of hydrogen-bond acceptors (Lipinski definition) is 3. The van der Waals surface area contributed by atoms with Gasteiger partial charge < -0.3 is 10.3 Å². The van der Waals surface area contributed by atoms with Crippen LogP contribution in [0.5, 0.6) is 0 Å². The van der Waals surface area contributed by atoms with E-state index >= 15 is 0 Å². The van der Waals surface area contributed by atoms with Crippen LogP contribution in [0.2, 0.25) is 0 Å². The maximum Gasteiger partial charge on any atom is 0.204 e. The number of thioether (sulfide) groups is 1. The van der Waals surface area contributed by atoms with Crippen molar-refractivity contribution in [1.29, 1.82) is 5.26 Å². The fourth-order valence-electron chi connectivity index (χ4n) is 1.91. The van der Waals surface area contributed by atoms with Gasteiger partial charge in [-0.25, -0.2) is 0 Å². The van der Waals surface area contributed by atoms with Gasteiger partial charge in [-0.15, -0.1) is 0 Å². The lowest BCUT2D eigenvalue weighted by atomic mass is 10.2. The molecule has 0 bridgehead atoms. The van der Waals surface area contributed by atoms with E-state index in [0.717, 1.165) is 18.1 Å². The quantitative estimate of drug-likeness (QED) is 0.259. The van der Waals surface area contributed by atoms with Crippen molar-refractivity contribution in [2.24, 2.45) is 4.99 Å². The first-order valence-corrected chi connectivity index (χ1v) is 7.49. The number of guanidine groups is 1. The number of benzene rings is 1. The van der Waals surface area contributed by atoms with Gasteiger partial charge in [0.15, 0.2) is 6.19 Å². The Balaban J connectivity index is 1.75. The lowest BCUT2D eigenvalue weighted by molar-refractivity contribution is 0.931. The zero-order chi connectivity index (χ0) is 14.2. The molecule has 2 aromatic rings. The maximum absolute atomic E-state index is 8.51. The molecule has 1 heterocycles. The number of nitriles is 1. The van der Waals surface area contributed by atoms with E-state index in [2.05, 4.69) is 45.0 Å². The minimum Gasteiger partial charge on any atom is -0.361 e. The van der Waals surface area contributed by atoms with Crippen LogP contribution in [0.4, 0.5) is 0 Å². The standard InChI is InChI=1S/C14H17N5S/c1-16-14(19-10-15)17-6-7-20-9-11-8-18-13-5-3-2-4-12(11)13/h2-5,8,18H,6-7,9H2,1H3,(H2,16,17,19). The van der Waals surface area contributed by atoms with Crippen molar-refractivity contribution < 1.29 is 0 Å². The summed E-state index contributed by atoms with van der Waals surface area (Å²) in [6.07, 6.45) is 3.92. The Labute approximate surface area is 122 Å². The molecule has 0 radical (unpaired) electrons. The predicted octanol–water partition coefficient (Wildman–Crippen LogP) is 2.05. The molecule has 0 aliphatic carbocycles. The van der Waals surface area contributed by atoms with Gasteiger partial charge >= 0.3 is 0 Å². The highest BCUT2D eigenvalue weighted by Gasteiger charge is 2.02. The third-order valence-electron chi connectivity index (χ3n) is 2.87. The van der Waals surface area contributed by atoms with E-state index < -0.39 is 0 Å². The highest BCUT2D eigenvalue weighted by Crippen LogP contribution is 2.21. The van der Waals surface area contributed by atoms with Crippen molar-refractivity contribution in [1.82, 2.24) is 15.6 Å². The molecule has 1 aromatic carbocycles. The summed E-state index contributed by atoms with van der Waals surface area (Å²) in [5.41, 5.74) is 2.50. The topological polar surface area (TPSA) is 76.0 Å². The summed E-state index contributed by atoms with van der Waals surface area (Å²) in [4.78, 5) is 7.20. The van der Waals surface area contributed by atoms with E-state index in [-0.39, 0.29) is 0 Å². The summed E-state index contributed by atoms with van der Waals surface area (Å²) >= 11 is 1.85. The number of aromatic nitrogens is 1. The van der Waals surface area contributed by atoms with Crippen LogP contribution < -0.4 is 10.6 Å². The molecule has 2 rings (SSSR count). The van der Waals surface area contributed by atoms with Crippen LogP contribution in [-0.2, 0) is 5.75 Å². The van der Waals surface area contributed by atoms with Crippen molar-refractivity contribution in [3.63, 3.8) is 0 Å². The SMILES string of the molecule is CN=C(NC#N)NCCSCc1c[nH]c2ccccc12. The average molecular weight is 287 g/mol. The molecule has 0 unspecified atom stereocenters. The third-order valence-corrected chi connectivity index (χ3v) is 3.88. The van der Waals surface area contributed by atoms with Crippen LogP contribution >= 0.6 is 11.8 Å². The molecule has 0 saturated heterocycles. The minimum atomic E-state index is 0.514. The second kappa shape index (κ2) is 7.46. The van der Waals surface area contributed by atoms with Crippen LogP contribution in [0.25, 0.3) is 10.9 Å². The Bertz CT molecular complexity index is 626. The molecule has 20 heavy (non-hydrogen) atoms. The molecule has 1 aromatic heterocycles.